The van der Waals surface area contributed by atoms with Gasteiger partial charge in [-0.15, -0.1) is 0 Å². The maximum atomic E-state index is 13.4. The average Bonchev–Trinajstić information content (AvgIpc) is 2.97. The smallest absolute Gasteiger partial charge is 0.272 e. The van der Waals surface area contributed by atoms with E-state index in [0.29, 0.717) is 12.2 Å². The summed E-state index contributed by atoms with van der Waals surface area (Å²) in [5.74, 6) is 0.259. The van der Waals surface area contributed by atoms with Crippen LogP contribution < -0.4 is 15.5 Å². The molecule has 2 amide bonds. The van der Waals surface area contributed by atoms with Gasteiger partial charge in [0.25, 0.3) is 5.91 Å². The molecule has 2 heterocycles. The summed E-state index contributed by atoms with van der Waals surface area (Å²) < 4.78 is 2.16. The molecule has 8 heteroatoms. The Bertz CT molecular complexity index is 972. The minimum atomic E-state index is -0.663. The zero-order valence-electron chi connectivity index (χ0n) is 20.3. The molecule has 32 heavy (non-hydrogen) atoms. The lowest BCUT2D eigenvalue weighted by Gasteiger charge is -2.29. The summed E-state index contributed by atoms with van der Waals surface area (Å²) in [6, 6.07) is 7.54. The zero-order chi connectivity index (χ0) is 23.6. The normalized spacial score (nSPS) is 15.5. The number of fused-ring (bicyclic) bond motifs is 1. The number of carbonyl (C=O) groups excluding carboxylic acids is 2. The van der Waals surface area contributed by atoms with Crippen LogP contribution in [0.25, 0.3) is 11.4 Å². The Labute approximate surface area is 191 Å². The number of hydrogen-bond donors (Lipinski definition) is 2. The molecule has 8 nitrogen and oxygen atoms in total. The molecule has 0 fully saturated rings. The molecule has 1 aliphatic heterocycles. The molecular weight excluding hydrogens is 404 g/mol. The number of nitrogens with one attached hydrogen (secondary N) is 2. The van der Waals surface area contributed by atoms with Gasteiger partial charge < -0.3 is 25.0 Å². The number of nitrogens with zero attached hydrogens (tertiary/aromatic N) is 4. The van der Waals surface area contributed by atoms with Gasteiger partial charge >= 0.3 is 0 Å². The van der Waals surface area contributed by atoms with Gasteiger partial charge in [0.1, 0.15) is 11.9 Å². The van der Waals surface area contributed by atoms with Crippen molar-refractivity contribution in [2.75, 3.05) is 39.6 Å². The van der Waals surface area contributed by atoms with E-state index in [9.17, 15) is 9.59 Å². The quantitative estimate of drug-likeness (QED) is 0.746. The number of anilines is 1. The Kier molecular flexibility index (Phi) is 6.93. The molecular formula is C24H36N6O2. The van der Waals surface area contributed by atoms with E-state index in [1.54, 1.807) is 7.05 Å². The van der Waals surface area contributed by atoms with Crippen molar-refractivity contribution < 1.29 is 9.59 Å². The lowest BCUT2D eigenvalue weighted by molar-refractivity contribution is -0.124. The van der Waals surface area contributed by atoms with Gasteiger partial charge in [0.05, 0.1) is 5.69 Å². The predicted octanol–water partition coefficient (Wildman–Crippen LogP) is 2.34. The van der Waals surface area contributed by atoms with Crippen molar-refractivity contribution >= 4 is 17.5 Å². The first-order valence-electron chi connectivity index (χ1n) is 11.1. The highest BCUT2D eigenvalue weighted by Gasteiger charge is 2.34. The van der Waals surface area contributed by atoms with E-state index < -0.39 is 11.5 Å². The van der Waals surface area contributed by atoms with Crippen LogP contribution >= 0.6 is 0 Å². The Morgan fingerprint density at radius 2 is 1.78 bits per heavy atom. The number of benzene rings is 1. The van der Waals surface area contributed by atoms with Gasteiger partial charge in [-0.3, -0.25) is 9.59 Å². The standard InChI is InChI=1S/C24H36N6O2/c1-24(2,3)20(23(32)25-4)27-22(31)19-18-15-29(7)13-8-14-30(18)21(26-19)16-9-11-17(12-10-16)28(5)6/h9-12,20H,8,13-15H2,1-7H3,(H,25,32)(H,27,31). The van der Waals surface area contributed by atoms with Gasteiger partial charge in [0.15, 0.2) is 5.69 Å². The first kappa shape index (κ1) is 23.8. The molecule has 1 atom stereocenters. The largest absolute Gasteiger partial charge is 0.378 e. The zero-order valence-corrected chi connectivity index (χ0v) is 20.3. The van der Waals surface area contributed by atoms with E-state index in [2.05, 4.69) is 44.2 Å². The molecule has 2 N–H and O–H groups in total. The van der Waals surface area contributed by atoms with Crippen LogP contribution in [0.2, 0.25) is 0 Å². The van der Waals surface area contributed by atoms with Gasteiger partial charge in [-0.2, -0.15) is 0 Å². The number of likely N-dealkylation sites (N-methyl/N-ethyl adjacent to an activating group) is 1. The second-order valence-corrected chi connectivity index (χ2v) is 9.80. The minimum Gasteiger partial charge on any atom is -0.378 e. The summed E-state index contributed by atoms with van der Waals surface area (Å²) >= 11 is 0. The third-order valence-electron chi connectivity index (χ3n) is 5.92. The Morgan fingerprint density at radius 3 is 2.34 bits per heavy atom. The van der Waals surface area contributed by atoms with E-state index >= 15 is 0 Å². The summed E-state index contributed by atoms with van der Waals surface area (Å²) in [4.78, 5) is 34.9. The number of hydrogen-bond acceptors (Lipinski definition) is 5. The van der Waals surface area contributed by atoms with Crippen LogP contribution in [-0.2, 0) is 17.9 Å². The van der Waals surface area contributed by atoms with Crippen molar-refractivity contribution in [3.05, 3.63) is 35.7 Å². The van der Waals surface area contributed by atoms with Crippen LogP contribution in [0, 0.1) is 5.41 Å². The van der Waals surface area contributed by atoms with Gasteiger partial charge in [-0.1, -0.05) is 20.8 Å². The van der Waals surface area contributed by atoms with Gasteiger partial charge in [0, 0.05) is 45.5 Å². The molecule has 2 aromatic rings. The lowest BCUT2D eigenvalue weighted by atomic mass is 9.86. The third kappa shape index (κ3) is 4.96. The highest BCUT2D eigenvalue weighted by molar-refractivity contribution is 5.97. The molecule has 1 aromatic heterocycles. The monoisotopic (exact) mass is 440 g/mol. The van der Waals surface area contributed by atoms with Crippen LogP contribution in [0.1, 0.15) is 43.4 Å². The van der Waals surface area contributed by atoms with E-state index in [1.165, 1.54) is 0 Å². The predicted molar refractivity (Wildman–Crippen MR) is 128 cm³/mol. The summed E-state index contributed by atoms with van der Waals surface area (Å²) in [5.41, 5.74) is 2.92. The van der Waals surface area contributed by atoms with E-state index in [4.69, 9.17) is 4.98 Å². The SMILES string of the molecule is CNC(=O)C(NC(=O)c1nc(-c2ccc(N(C)C)cc2)n2c1CN(C)CCC2)C(C)(C)C. The molecule has 0 saturated heterocycles. The van der Waals surface area contributed by atoms with Gasteiger partial charge in [0.2, 0.25) is 5.91 Å². The first-order chi connectivity index (χ1) is 15.0. The van der Waals surface area contributed by atoms with Crippen molar-refractivity contribution in [3.63, 3.8) is 0 Å². The molecule has 0 radical (unpaired) electrons. The molecule has 1 unspecified atom stereocenters. The molecule has 3 rings (SSSR count). The molecule has 0 aliphatic carbocycles. The Hall–Kier alpha value is -2.87. The van der Waals surface area contributed by atoms with E-state index in [1.807, 2.05) is 47.0 Å². The van der Waals surface area contributed by atoms with E-state index in [-0.39, 0.29) is 11.8 Å². The van der Waals surface area contributed by atoms with E-state index in [0.717, 1.165) is 42.3 Å². The summed E-state index contributed by atoms with van der Waals surface area (Å²) in [5, 5.41) is 5.61. The fraction of sp³-hybridized carbons (Fsp3) is 0.542. The molecule has 1 aliphatic rings. The van der Waals surface area contributed by atoms with Crippen LogP contribution in [-0.4, -0.2) is 67.0 Å². The molecule has 174 valence electrons. The van der Waals surface area contributed by atoms with Crippen molar-refractivity contribution in [2.24, 2.45) is 5.41 Å². The second-order valence-electron chi connectivity index (χ2n) is 9.80. The lowest BCUT2D eigenvalue weighted by Crippen LogP contribution is -2.53. The molecule has 0 spiro atoms. The van der Waals surface area contributed by atoms with Crippen LogP contribution in [0.3, 0.4) is 0 Å². The first-order valence-corrected chi connectivity index (χ1v) is 11.1. The maximum Gasteiger partial charge on any atom is 0.272 e. The topological polar surface area (TPSA) is 82.5 Å². The Morgan fingerprint density at radius 1 is 1.12 bits per heavy atom. The number of amides is 2. The highest BCUT2D eigenvalue weighted by Crippen LogP contribution is 2.28. The van der Waals surface area contributed by atoms with Gasteiger partial charge in [-0.05, 0) is 49.7 Å². The van der Waals surface area contributed by atoms with Crippen LogP contribution in [0.4, 0.5) is 5.69 Å². The van der Waals surface area contributed by atoms with Crippen molar-refractivity contribution in [1.82, 2.24) is 25.1 Å². The third-order valence-corrected chi connectivity index (χ3v) is 5.92. The van der Waals surface area contributed by atoms with Crippen molar-refractivity contribution in [1.29, 1.82) is 0 Å². The Balaban J connectivity index is 2.04. The highest BCUT2D eigenvalue weighted by atomic mass is 16.2. The summed E-state index contributed by atoms with van der Waals surface area (Å²) in [7, 11) is 7.65. The van der Waals surface area contributed by atoms with Crippen LogP contribution in [0.5, 0.6) is 0 Å². The number of imidazole rings is 1. The number of aromatic nitrogens is 2. The van der Waals surface area contributed by atoms with Crippen molar-refractivity contribution in [3.8, 4) is 11.4 Å². The minimum absolute atomic E-state index is 0.215. The molecule has 1 aromatic carbocycles. The average molecular weight is 441 g/mol. The number of carbonyl (C=O) groups is 2. The fourth-order valence-electron chi connectivity index (χ4n) is 4.05. The second kappa shape index (κ2) is 9.32. The van der Waals surface area contributed by atoms with Crippen molar-refractivity contribution in [2.45, 2.75) is 46.3 Å². The fourth-order valence-corrected chi connectivity index (χ4v) is 4.05. The summed E-state index contributed by atoms with van der Waals surface area (Å²) in [6.45, 7) is 8.18. The molecule has 0 bridgehead atoms. The van der Waals surface area contributed by atoms with Gasteiger partial charge in [-0.25, -0.2) is 4.98 Å². The molecule has 0 saturated carbocycles. The summed E-state index contributed by atoms with van der Waals surface area (Å²) in [6.07, 6.45) is 0.979. The maximum absolute atomic E-state index is 13.4. The van der Waals surface area contributed by atoms with Crippen LogP contribution in [0.15, 0.2) is 24.3 Å². The number of rotatable bonds is 5.